The van der Waals surface area contributed by atoms with E-state index in [1.807, 2.05) is 49.4 Å². The van der Waals surface area contributed by atoms with E-state index in [0.29, 0.717) is 22.6 Å². The molecule has 210 valence electrons. The van der Waals surface area contributed by atoms with E-state index in [0.717, 1.165) is 52.6 Å². The Balaban J connectivity index is 1.52. The molecular weight excluding hydrogens is 506 g/mol. The summed E-state index contributed by atoms with van der Waals surface area (Å²) in [4.78, 5) is 11.3. The van der Waals surface area contributed by atoms with Crippen LogP contribution >= 0.6 is 0 Å². The molecule has 1 aromatic carbocycles. The number of hydrogen-bond acceptors (Lipinski definition) is 7. The summed E-state index contributed by atoms with van der Waals surface area (Å²) in [5, 5.41) is 15.6. The van der Waals surface area contributed by atoms with Crippen LogP contribution in [0.25, 0.3) is 17.0 Å². The number of aromatic nitrogens is 2. The van der Waals surface area contributed by atoms with E-state index in [9.17, 15) is 0 Å². The fourth-order valence-corrected chi connectivity index (χ4v) is 4.83. The molecule has 4 rings (SSSR count). The summed E-state index contributed by atoms with van der Waals surface area (Å²) in [7, 11) is 0. The molecule has 0 spiro atoms. The van der Waals surface area contributed by atoms with E-state index < -0.39 is 0 Å². The van der Waals surface area contributed by atoms with Crippen molar-refractivity contribution in [1.82, 2.24) is 20.2 Å². The molecule has 0 atom stereocenters. The molecule has 7 nitrogen and oxygen atoms in total. The largest absolute Gasteiger partial charge is 0.397 e. The van der Waals surface area contributed by atoms with Crippen LogP contribution in [0, 0.1) is 5.41 Å². The van der Waals surface area contributed by atoms with Gasteiger partial charge in [0, 0.05) is 47.5 Å². The van der Waals surface area contributed by atoms with Gasteiger partial charge < -0.3 is 21.3 Å². The summed E-state index contributed by atoms with van der Waals surface area (Å²) in [6, 6.07) is 13.7. The predicted molar refractivity (Wildman–Crippen MR) is 172 cm³/mol. The van der Waals surface area contributed by atoms with Gasteiger partial charge in [0.25, 0.3) is 0 Å². The van der Waals surface area contributed by atoms with Crippen molar-refractivity contribution in [1.29, 1.82) is 5.41 Å². The number of hydrogen-bond donors (Lipinski definition) is 4. The van der Waals surface area contributed by atoms with Gasteiger partial charge in [-0.15, -0.1) is 0 Å². The molecule has 0 radical (unpaired) electrons. The average molecular weight is 546 g/mol. The van der Waals surface area contributed by atoms with Crippen molar-refractivity contribution in [2.24, 2.45) is 0 Å². The van der Waals surface area contributed by atoms with Crippen molar-refractivity contribution in [3.8, 4) is 11.3 Å². The Morgan fingerprint density at radius 1 is 1.02 bits per heavy atom. The van der Waals surface area contributed by atoms with E-state index in [4.69, 9.17) is 11.1 Å². The number of piperidine rings is 1. The van der Waals surface area contributed by atoms with Crippen molar-refractivity contribution in [3.05, 3.63) is 127 Å². The highest BCUT2D eigenvalue weighted by molar-refractivity contribution is 6.13. The normalized spacial score (nSPS) is 14.1. The topological polar surface area (TPSA) is 103 Å². The number of nitrogens with two attached hydrogens (primary N) is 1. The number of nitrogen functional groups attached to an aromatic ring is 1. The molecular formula is C34H39N7. The lowest BCUT2D eigenvalue weighted by atomic mass is 10.0. The molecule has 2 aromatic heterocycles. The average Bonchev–Trinajstić information content (AvgIpc) is 3.00. The van der Waals surface area contributed by atoms with Crippen LogP contribution in [0.15, 0.2) is 116 Å². The number of pyridine rings is 2. The first-order valence-electron chi connectivity index (χ1n) is 13.8. The highest BCUT2D eigenvalue weighted by Crippen LogP contribution is 2.27. The van der Waals surface area contributed by atoms with Crippen LogP contribution < -0.4 is 16.4 Å². The van der Waals surface area contributed by atoms with Crippen LogP contribution in [0.1, 0.15) is 44.2 Å². The van der Waals surface area contributed by atoms with Crippen molar-refractivity contribution >= 4 is 22.8 Å². The summed E-state index contributed by atoms with van der Waals surface area (Å²) in [6.07, 6.45) is 12.6. The van der Waals surface area contributed by atoms with Gasteiger partial charge in [0.05, 0.1) is 40.9 Å². The standard InChI is InChI=1S/C34H39N7/c1-6-13-33(41-16-11-8-12-17-41)23(2)24(3)39-26(5)34(36)30-19-32(38-22-31(30)35)28-18-29(21-37-20-28)40-25(4)27-14-9-7-10-15-27/h6-7,9-10,13-15,18-22,36,39-40H,1,4-5,8,11-12,16-17,35H2,2-3H3/b24-23+,33-13+,36-34?. The van der Waals surface area contributed by atoms with E-state index in [2.05, 4.69) is 58.2 Å². The summed E-state index contributed by atoms with van der Waals surface area (Å²) >= 11 is 0. The molecule has 5 N–H and O–H groups in total. The minimum atomic E-state index is 0.199. The van der Waals surface area contributed by atoms with E-state index >= 15 is 0 Å². The molecule has 3 heterocycles. The van der Waals surface area contributed by atoms with Gasteiger partial charge >= 0.3 is 0 Å². The van der Waals surface area contributed by atoms with E-state index in [1.165, 1.54) is 19.3 Å². The van der Waals surface area contributed by atoms with Crippen LogP contribution in [0.3, 0.4) is 0 Å². The lowest BCUT2D eigenvalue weighted by Crippen LogP contribution is -2.30. The van der Waals surface area contributed by atoms with Gasteiger partial charge in [-0.3, -0.25) is 15.4 Å². The zero-order chi connectivity index (χ0) is 29.4. The number of allylic oxidation sites excluding steroid dienone is 5. The molecule has 1 saturated heterocycles. The van der Waals surface area contributed by atoms with Gasteiger partial charge in [-0.25, -0.2) is 0 Å². The molecule has 0 saturated carbocycles. The maximum atomic E-state index is 8.91. The second-order valence-electron chi connectivity index (χ2n) is 10.2. The Labute approximate surface area is 243 Å². The summed E-state index contributed by atoms with van der Waals surface area (Å²) in [5.74, 6) is 0. The Hall–Kier alpha value is -4.91. The third kappa shape index (κ3) is 7.19. The molecule has 1 aliphatic rings. The molecule has 0 amide bonds. The maximum absolute atomic E-state index is 8.91. The number of likely N-dealkylation sites (tertiary alicyclic amines) is 1. The number of benzene rings is 1. The van der Waals surface area contributed by atoms with Crippen molar-refractivity contribution < 1.29 is 0 Å². The van der Waals surface area contributed by atoms with Gasteiger partial charge in [-0.1, -0.05) is 56.1 Å². The molecule has 1 fully saturated rings. The third-order valence-electron chi connectivity index (χ3n) is 7.21. The SMILES string of the molecule is C=C/C=C(\C(C)=C(/C)NC(=C)C(=N)c1cc(-c2cncc(NC(=C)c3ccccc3)c2)ncc1N)N1CCCCC1. The monoisotopic (exact) mass is 545 g/mol. The fourth-order valence-electron chi connectivity index (χ4n) is 4.83. The first-order chi connectivity index (χ1) is 19.8. The van der Waals surface area contributed by atoms with Crippen LogP contribution in [-0.4, -0.2) is 33.7 Å². The van der Waals surface area contributed by atoms with Crippen LogP contribution in [0.2, 0.25) is 0 Å². The van der Waals surface area contributed by atoms with E-state index in [-0.39, 0.29) is 5.71 Å². The van der Waals surface area contributed by atoms with Crippen molar-refractivity contribution in [2.45, 2.75) is 33.1 Å². The van der Waals surface area contributed by atoms with Crippen LogP contribution in [0.4, 0.5) is 11.4 Å². The zero-order valence-electron chi connectivity index (χ0n) is 24.0. The summed E-state index contributed by atoms with van der Waals surface area (Å²) in [6.45, 7) is 18.4. The number of rotatable bonds is 11. The minimum Gasteiger partial charge on any atom is -0.397 e. The first-order valence-corrected chi connectivity index (χ1v) is 13.8. The van der Waals surface area contributed by atoms with Gasteiger partial charge in [0.1, 0.15) is 0 Å². The van der Waals surface area contributed by atoms with Gasteiger partial charge in [0.15, 0.2) is 0 Å². The zero-order valence-corrected chi connectivity index (χ0v) is 24.0. The quantitative estimate of drug-likeness (QED) is 0.151. The Bertz CT molecular complexity index is 1510. The molecule has 0 bridgehead atoms. The van der Waals surface area contributed by atoms with Crippen molar-refractivity contribution in [3.63, 3.8) is 0 Å². The Kier molecular flexibility index (Phi) is 9.53. The fraction of sp³-hybridized carbons (Fsp3) is 0.206. The molecule has 0 aliphatic carbocycles. The third-order valence-corrected chi connectivity index (χ3v) is 7.21. The smallest absolute Gasteiger partial charge is 0.0862 e. The Morgan fingerprint density at radius 3 is 2.46 bits per heavy atom. The lowest BCUT2D eigenvalue weighted by molar-refractivity contribution is 0.289. The van der Waals surface area contributed by atoms with Crippen LogP contribution in [-0.2, 0) is 0 Å². The van der Waals surface area contributed by atoms with Crippen molar-refractivity contribution in [2.75, 3.05) is 24.1 Å². The molecule has 0 unspecified atom stereocenters. The molecule has 7 heteroatoms. The highest BCUT2D eigenvalue weighted by atomic mass is 15.1. The molecule has 3 aromatic rings. The summed E-state index contributed by atoms with van der Waals surface area (Å²) in [5.41, 5.74) is 15.0. The van der Waals surface area contributed by atoms with Gasteiger partial charge in [0.2, 0.25) is 0 Å². The predicted octanol–water partition coefficient (Wildman–Crippen LogP) is 7.13. The lowest BCUT2D eigenvalue weighted by Gasteiger charge is -2.32. The molecule has 1 aliphatic heterocycles. The number of nitrogens with zero attached hydrogens (tertiary/aromatic N) is 3. The number of anilines is 2. The van der Waals surface area contributed by atoms with Crippen LogP contribution in [0.5, 0.6) is 0 Å². The molecule has 41 heavy (non-hydrogen) atoms. The number of nitrogens with one attached hydrogen (secondary N) is 3. The van der Waals surface area contributed by atoms with Gasteiger partial charge in [-0.05, 0) is 62.5 Å². The highest BCUT2D eigenvalue weighted by Gasteiger charge is 2.18. The van der Waals surface area contributed by atoms with Gasteiger partial charge in [-0.2, -0.15) is 0 Å². The maximum Gasteiger partial charge on any atom is 0.0862 e. The summed E-state index contributed by atoms with van der Waals surface area (Å²) < 4.78 is 0. The second-order valence-corrected chi connectivity index (χ2v) is 10.2. The first kappa shape index (κ1) is 29.1. The Morgan fingerprint density at radius 2 is 1.76 bits per heavy atom. The minimum absolute atomic E-state index is 0.199. The van der Waals surface area contributed by atoms with E-state index in [1.54, 1.807) is 24.7 Å². The second kappa shape index (κ2) is 13.4.